The van der Waals surface area contributed by atoms with Crippen LogP contribution >= 0.6 is 11.6 Å². The monoisotopic (exact) mass is 277 g/mol. The summed E-state index contributed by atoms with van der Waals surface area (Å²) in [4.78, 5) is 13.9. The van der Waals surface area contributed by atoms with Crippen LogP contribution in [0, 0.1) is 11.8 Å². The van der Waals surface area contributed by atoms with Crippen LogP contribution in [0.2, 0.25) is 5.02 Å². The third kappa shape index (κ3) is 3.50. The number of rotatable bonds is 1. The molecule has 0 bridgehead atoms. The molecule has 0 radical (unpaired) electrons. The molecule has 0 atom stereocenters. The van der Waals surface area contributed by atoms with Gasteiger partial charge < -0.3 is 10.0 Å². The molecule has 1 fully saturated rings. The second-order valence-corrected chi connectivity index (χ2v) is 4.91. The summed E-state index contributed by atoms with van der Waals surface area (Å²) in [6.07, 6.45) is 3.60. The third-order valence-corrected chi connectivity index (χ3v) is 3.36. The molecule has 1 heterocycles. The summed E-state index contributed by atoms with van der Waals surface area (Å²) in [5.41, 5.74) is 1.48. The molecule has 0 saturated carbocycles. The van der Waals surface area contributed by atoms with E-state index in [1.165, 1.54) is 0 Å². The Morgan fingerprint density at radius 2 is 2.16 bits per heavy atom. The molecule has 1 saturated heterocycles. The number of anilines is 1. The zero-order chi connectivity index (χ0) is 13.7. The van der Waals surface area contributed by atoms with Gasteiger partial charge in [0.05, 0.1) is 5.69 Å². The van der Waals surface area contributed by atoms with E-state index >= 15 is 0 Å². The second kappa shape index (κ2) is 6.60. The van der Waals surface area contributed by atoms with E-state index in [2.05, 4.69) is 11.8 Å². The number of halogens is 1. The molecule has 1 aliphatic rings. The maximum absolute atomic E-state index is 12.1. The van der Waals surface area contributed by atoms with Crippen molar-refractivity contribution in [1.29, 1.82) is 0 Å². The van der Waals surface area contributed by atoms with Gasteiger partial charge in [0.15, 0.2) is 0 Å². The minimum Gasteiger partial charge on any atom is -0.384 e. The van der Waals surface area contributed by atoms with Crippen LogP contribution in [0.15, 0.2) is 18.2 Å². The molecule has 2 rings (SSSR count). The van der Waals surface area contributed by atoms with Gasteiger partial charge in [-0.05, 0) is 31.0 Å². The molecular formula is C15H16ClNO2. The Labute approximate surface area is 118 Å². The molecule has 0 unspecified atom stereocenters. The van der Waals surface area contributed by atoms with Crippen molar-refractivity contribution in [3.05, 3.63) is 28.8 Å². The van der Waals surface area contributed by atoms with Gasteiger partial charge >= 0.3 is 0 Å². The summed E-state index contributed by atoms with van der Waals surface area (Å²) >= 11 is 5.97. The van der Waals surface area contributed by atoms with E-state index in [0.29, 0.717) is 23.6 Å². The number of amides is 1. The number of benzene rings is 1. The lowest BCUT2D eigenvalue weighted by Crippen LogP contribution is -2.30. The lowest BCUT2D eigenvalue weighted by molar-refractivity contribution is -0.118. The van der Waals surface area contributed by atoms with Crippen molar-refractivity contribution in [1.82, 2.24) is 0 Å². The first-order valence-electron chi connectivity index (χ1n) is 6.42. The first-order valence-corrected chi connectivity index (χ1v) is 6.80. The average molecular weight is 278 g/mol. The van der Waals surface area contributed by atoms with Crippen molar-refractivity contribution in [2.45, 2.75) is 25.7 Å². The van der Waals surface area contributed by atoms with Crippen molar-refractivity contribution < 1.29 is 9.90 Å². The van der Waals surface area contributed by atoms with Gasteiger partial charge in [0, 0.05) is 23.6 Å². The molecule has 19 heavy (non-hydrogen) atoms. The lowest BCUT2D eigenvalue weighted by atomic mass is 10.1. The van der Waals surface area contributed by atoms with Gasteiger partial charge in [0.2, 0.25) is 5.91 Å². The Kier molecular flexibility index (Phi) is 4.84. The number of carbonyl (C=O) groups excluding carboxylic acids is 1. The van der Waals surface area contributed by atoms with Crippen LogP contribution in [0.25, 0.3) is 0 Å². The molecule has 0 spiro atoms. The van der Waals surface area contributed by atoms with E-state index in [1.807, 2.05) is 6.07 Å². The lowest BCUT2D eigenvalue weighted by Gasteiger charge is -2.22. The Balaban J connectivity index is 2.39. The van der Waals surface area contributed by atoms with Gasteiger partial charge in [-0.2, -0.15) is 0 Å². The van der Waals surface area contributed by atoms with Gasteiger partial charge in [-0.3, -0.25) is 4.79 Å². The van der Waals surface area contributed by atoms with Gasteiger partial charge in [-0.25, -0.2) is 0 Å². The Bertz CT molecular complexity index is 531. The molecule has 1 N–H and O–H groups in total. The van der Waals surface area contributed by atoms with Gasteiger partial charge in [-0.1, -0.05) is 29.9 Å². The van der Waals surface area contributed by atoms with Crippen LogP contribution in [0.4, 0.5) is 5.69 Å². The Morgan fingerprint density at radius 3 is 2.95 bits per heavy atom. The number of carbonyl (C=O) groups is 1. The normalized spacial score (nSPS) is 15.7. The maximum atomic E-state index is 12.1. The van der Waals surface area contributed by atoms with Crippen LogP contribution in [0.1, 0.15) is 31.2 Å². The number of nitrogens with zero attached hydrogens (tertiary/aromatic N) is 1. The van der Waals surface area contributed by atoms with E-state index in [4.69, 9.17) is 16.7 Å². The van der Waals surface area contributed by atoms with Crippen molar-refractivity contribution in [3.8, 4) is 11.8 Å². The fraction of sp³-hybridized carbons (Fsp3) is 0.400. The smallest absolute Gasteiger partial charge is 0.227 e. The number of hydrogen-bond acceptors (Lipinski definition) is 2. The highest BCUT2D eigenvalue weighted by atomic mass is 35.5. The molecule has 4 heteroatoms. The summed E-state index contributed by atoms with van der Waals surface area (Å²) in [6, 6.07) is 5.32. The summed E-state index contributed by atoms with van der Waals surface area (Å²) in [6.45, 7) is 0.508. The molecule has 1 aromatic rings. The zero-order valence-corrected chi connectivity index (χ0v) is 11.4. The standard InChI is InChI=1S/C15H16ClNO2/c16-13-7-8-14(12(11-13)5-4-10-18)17-9-3-1-2-6-15(17)19/h7-8,11,18H,1-3,6,9-10H2. The average Bonchev–Trinajstić information content (AvgIpc) is 2.61. The second-order valence-electron chi connectivity index (χ2n) is 4.48. The number of aliphatic hydroxyl groups is 1. The zero-order valence-electron chi connectivity index (χ0n) is 10.7. The Hall–Kier alpha value is -1.50. The summed E-state index contributed by atoms with van der Waals surface area (Å²) in [5, 5.41) is 9.39. The Morgan fingerprint density at radius 1 is 1.32 bits per heavy atom. The van der Waals surface area contributed by atoms with Crippen molar-refractivity contribution >= 4 is 23.2 Å². The summed E-state index contributed by atoms with van der Waals surface area (Å²) in [7, 11) is 0. The number of hydrogen-bond donors (Lipinski definition) is 1. The molecule has 1 aromatic carbocycles. The van der Waals surface area contributed by atoms with Crippen LogP contribution in [-0.4, -0.2) is 24.2 Å². The van der Waals surface area contributed by atoms with Crippen LogP contribution < -0.4 is 4.90 Å². The predicted octanol–water partition coefficient (Wildman–Crippen LogP) is 2.59. The fourth-order valence-corrected chi connectivity index (χ4v) is 2.39. The minimum absolute atomic E-state index is 0.131. The topological polar surface area (TPSA) is 40.5 Å². The summed E-state index contributed by atoms with van der Waals surface area (Å²) < 4.78 is 0. The maximum Gasteiger partial charge on any atom is 0.227 e. The van der Waals surface area contributed by atoms with Gasteiger partial charge in [0.25, 0.3) is 0 Å². The van der Waals surface area contributed by atoms with E-state index in [9.17, 15) is 4.79 Å². The van der Waals surface area contributed by atoms with Gasteiger partial charge in [-0.15, -0.1) is 0 Å². The van der Waals surface area contributed by atoms with Crippen molar-refractivity contribution in [2.75, 3.05) is 18.1 Å². The summed E-state index contributed by atoms with van der Waals surface area (Å²) in [5.74, 6) is 5.61. The number of aliphatic hydroxyl groups excluding tert-OH is 1. The molecule has 1 amide bonds. The van der Waals surface area contributed by atoms with E-state index in [1.54, 1.807) is 17.0 Å². The van der Waals surface area contributed by atoms with Gasteiger partial charge in [0.1, 0.15) is 6.61 Å². The highest BCUT2D eigenvalue weighted by Gasteiger charge is 2.20. The van der Waals surface area contributed by atoms with Crippen LogP contribution in [0.5, 0.6) is 0 Å². The van der Waals surface area contributed by atoms with E-state index in [-0.39, 0.29) is 12.5 Å². The first-order chi connectivity index (χ1) is 9.22. The molecule has 3 nitrogen and oxygen atoms in total. The quantitative estimate of drug-likeness (QED) is 0.802. The molecule has 1 aliphatic heterocycles. The predicted molar refractivity (Wildman–Crippen MR) is 76.2 cm³/mol. The largest absolute Gasteiger partial charge is 0.384 e. The SMILES string of the molecule is O=C1CCCCCN1c1ccc(Cl)cc1C#CCO. The highest BCUT2D eigenvalue weighted by molar-refractivity contribution is 6.30. The van der Waals surface area contributed by atoms with E-state index < -0.39 is 0 Å². The fourth-order valence-electron chi connectivity index (χ4n) is 2.22. The third-order valence-electron chi connectivity index (χ3n) is 3.12. The van der Waals surface area contributed by atoms with Crippen molar-refractivity contribution in [3.63, 3.8) is 0 Å². The van der Waals surface area contributed by atoms with E-state index in [0.717, 1.165) is 24.9 Å². The molecule has 100 valence electrons. The minimum atomic E-state index is -0.208. The highest BCUT2D eigenvalue weighted by Crippen LogP contribution is 2.26. The van der Waals surface area contributed by atoms with Crippen LogP contribution in [0.3, 0.4) is 0 Å². The molecular weight excluding hydrogens is 262 g/mol. The van der Waals surface area contributed by atoms with Crippen molar-refractivity contribution in [2.24, 2.45) is 0 Å². The van der Waals surface area contributed by atoms with Crippen LogP contribution in [-0.2, 0) is 4.79 Å². The molecule has 0 aromatic heterocycles. The molecule has 0 aliphatic carbocycles. The first kappa shape index (κ1) is 13.9.